The molecular formula is C11H17N3O2. The first-order valence-electron chi connectivity index (χ1n) is 5.21. The fourth-order valence-electron chi connectivity index (χ4n) is 1.27. The van der Waals surface area contributed by atoms with Crippen LogP contribution in [0.2, 0.25) is 0 Å². The molecule has 0 saturated carbocycles. The van der Waals surface area contributed by atoms with Crippen LogP contribution in [-0.2, 0) is 11.3 Å². The summed E-state index contributed by atoms with van der Waals surface area (Å²) < 4.78 is 5.01. The van der Waals surface area contributed by atoms with Crippen LogP contribution in [0.15, 0.2) is 18.2 Å². The summed E-state index contributed by atoms with van der Waals surface area (Å²) in [5.74, 6) is 0.345. The molecule has 0 saturated heterocycles. The number of methoxy groups -OCH3 is 1. The first kappa shape index (κ1) is 12.4. The van der Waals surface area contributed by atoms with E-state index in [-0.39, 0.29) is 5.91 Å². The number of pyridine rings is 1. The van der Waals surface area contributed by atoms with Gasteiger partial charge in [-0.25, -0.2) is 4.98 Å². The average Bonchev–Trinajstić information content (AvgIpc) is 2.28. The van der Waals surface area contributed by atoms with E-state index < -0.39 is 0 Å². The standard InChI is InChI=1S/C11H17N3O2/c1-16-11-6-2-4-9(14-11)8-13-7-3-5-10(12)15/h2,4,6,13H,3,5,7-8H2,1H3,(H2,12,15). The van der Waals surface area contributed by atoms with Crippen LogP contribution in [0.3, 0.4) is 0 Å². The van der Waals surface area contributed by atoms with Crippen LogP contribution in [0.1, 0.15) is 18.5 Å². The van der Waals surface area contributed by atoms with Crippen molar-refractivity contribution in [2.24, 2.45) is 5.73 Å². The van der Waals surface area contributed by atoms with Crippen LogP contribution in [-0.4, -0.2) is 24.5 Å². The lowest BCUT2D eigenvalue weighted by atomic mass is 10.3. The summed E-state index contributed by atoms with van der Waals surface area (Å²) in [6.45, 7) is 1.41. The number of nitrogens with one attached hydrogen (secondary N) is 1. The summed E-state index contributed by atoms with van der Waals surface area (Å²) in [6, 6.07) is 5.62. The molecule has 0 aliphatic heterocycles. The minimum absolute atomic E-state index is 0.263. The Morgan fingerprint density at radius 2 is 2.38 bits per heavy atom. The zero-order valence-electron chi connectivity index (χ0n) is 9.40. The van der Waals surface area contributed by atoms with Gasteiger partial charge in [-0.15, -0.1) is 0 Å². The molecule has 1 rings (SSSR count). The monoisotopic (exact) mass is 223 g/mol. The molecule has 16 heavy (non-hydrogen) atoms. The first-order valence-corrected chi connectivity index (χ1v) is 5.21. The molecule has 1 heterocycles. The minimum atomic E-state index is -0.263. The zero-order valence-corrected chi connectivity index (χ0v) is 9.40. The molecule has 0 spiro atoms. The first-order chi connectivity index (χ1) is 7.72. The quantitative estimate of drug-likeness (QED) is 0.658. The van der Waals surface area contributed by atoms with Gasteiger partial charge in [0.1, 0.15) is 0 Å². The van der Waals surface area contributed by atoms with Gasteiger partial charge in [0.15, 0.2) is 0 Å². The number of ether oxygens (including phenoxy) is 1. The number of nitrogens with two attached hydrogens (primary N) is 1. The maximum absolute atomic E-state index is 10.5. The van der Waals surface area contributed by atoms with E-state index in [0.29, 0.717) is 18.8 Å². The smallest absolute Gasteiger partial charge is 0.217 e. The second kappa shape index (κ2) is 6.79. The lowest BCUT2D eigenvalue weighted by Gasteiger charge is -2.05. The van der Waals surface area contributed by atoms with E-state index in [1.54, 1.807) is 13.2 Å². The molecule has 0 atom stereocenters. The van der Waals surface area contributed by atoms with E-state index >= 15 is 0 Å². The van der Waals surface area contributed by atoms with E-state index in [9.17, 15) is 4.79 Å². The molecule has 0 radical (unpaired) electrons. The maximum Gasteiger partial charge on any atom is 0.217 e. The summed E-state index contributed by atoms with van der Waals surface area (Å²) in [7, 11) is 1.59. The van der Waals surface area contributed by atoms with Gasteiger partial charge >= 0.3 is 0 Å². The SMILES string of the molecule is COc1cccc(CNCCCC(N)=O)n1. The van der Waals surface area contributed by atoms with Gasteiger partial charge in [0.2, 0.25) is 11.8 Å². The van der Waals surface area contributed by atoms with Crippen molar-refractivity contribution in [2.45, 2.75) is 19.4 Å². The molecule has 0 aromatic carbocycles. The third-order valence-corrected chi connectivity index (χ3v) is 2.07. The van der Waals surface area contributed by atoms with Crippen molar-refractivity contribution in [1.29, 1.82) is 0 Å². The molecule has 1 amide bonds. The second-order valence-electron chi connectivity index (χ2n) is 3.42. The van der Waals surface area contributed by atoms with Crippen LogP contribution in [0.5, 0.6) is 5.88 Å². The van der Waals surface area contributed by atoms with Gasteiger partial charge in [-0.05, 0) is 19.0 Å². The van der Waals surface area contributed by atoms with Gasteiger partial charge < -0.3 is 15.8 Å². The number of nitrogens with zero attached hydrogens (tertiary/aromatic N) is 1. The number of hydrogen-bond donors (Lipinski definition) is 2. The number of carbonyl (C=O) groups excluding carboxylic acids is 1. The number of amides is 1. The zero-order chi connectivity index (χ0) is 11.8. The fraction of sp³-hybridized carbons (Fsp3) is 0.455. The Bertz CT molecular complexity index is 342. The molecule has 0 aliphatic rings. The Hall–Kier alpha value is -1.62. The Morgan fingerprint density at radius 1 is 1.56 bits per heavy atom. The fourth-order valence-corrected chi connectivity index (χ4v) is 1.27. The van der Waals surface area contributed by atoms with E-state index in [1.165, 1.54) is 0 Å². The topological polar surface area (TPSA) is 77.2 Å². The molecular weight excluding hydrogens is 206 g/mol. The number of rotatable bonds is 7. The van der Waals surface area contributed by atoms with Crippen LogP contribution in [0.4, 0.5) is 0 Å². The number of primary amides is 1. The van der Waals surface area contributed by atoms with Gasteiger partial charge in [-0.2, -0.15) is 0 Å². The number of hydrogen-bond acceptors (Lipinski definition) is 4. The van der Waals surface area contributed by atoms with Crippen LogP contribution >= 0.6 is 0 Å². The highest BCUT2D eigenvalue weighted by Crippen LogP contribution is 2.05. The predicted molar refractivity (Wildman–Crippen MR) is 60.9 cm³/mol. The third kappa shape index (κ3) is 4.75. The highest BCUT2D eigenvalue weighted by atomic mass is 16.5. The van der Waals surface area contributed by atoms with Crippen LogP contribution in [0, 0.1) is 0 Å². The molecule has 0 unspecified atom stereocenters. The van der Waals surface area contributed by atoms with Crippen molar-refractivity contribution in [2.75, 3.05) is 13.7 Å². The van der Waals surface area contributed by atoms with Gasteiger partial charge in [0.25, 0.3) is 0 Å². The third-order valence-electron chi connectivity index (χ3n) is 2.07. The molecule has 3 N–H and O–H groups in total. The van der Waals surface area contributed by atoms with Gasteiger partial charge in [-0.3, -0.25) is 4.79 Å². The molecule has 1 aromatic heterocycles. The molecule has 0 aliphatic carbocycles. The van der Waals surface area contributed by atoms with E-state index in [1.807, 2.05) is 12.1 Å². The van der Waals surface area contributed by atoms with Crippen molar-refractivity contribution >= 4 is 5.91 Å². The summed E-state index contributed by atoms with van der Waals surface area (Å²) in [6.07, 6.45) is 1.16. The summed E-state index contributed by atoms with van der Waals surface area (Å²) in [4.78, 5) is 14.7. The number of carbonyl (C=O) groups is 1. The normalized spacial score (nSPS) is 10.1. The highest BCUT2D eigenvalue weighted by molar-refractivity contribution is 5.73. The van der Waals surface area contributed by atoms with E-state index in [4.69, 9.17) is 10.5 Å². The Balaban J connectivity index is 2.23. The summed E-state index contributed by atoms with van der Waals surface area (Å²) in [5.41, 5.74) is 5.94. The number of aromatic nitrogens is 1. The lowest BCUT2D eigenvalue weighted by Crippen LogP contribution is -2.18. The van der Waals surface area contributed by atoms with Crippen molar-refractivity contribution < 1.29 is 9.53 Å². The lowest BCUT2D eigenvalue weighted by molar-refractivity contribution is -0.118. The van der Waals surface area contributed by atoms with Crippen molar-refractivity contribution in [1.82, 2.24) is 10.3 Å². The van der Waals surface area contributed by atoms with Crippen molar-refractivity contribution in [3.05, 3.63) is 23.9 Å². The van der Waals surface area contributed by atoms with Crippen molar-refractivity contribution in [3.63, 3.8) is 0 Å². The molecule has 5 nitrogen and oxygen atoms in total. The molecule has 88 valence electrons. The van der Waals surface area contributed by atoms with E-state index in [0.717, 1.165) is 18.7 Å². The van der Waals surface area contributed by atoms with E-state index in [2.05, 4.69) is 10.3 Å². The summed E-state index contributed by atoms with van der Waals surface area (Å²) >= 11 is 0. The minimum Gasteiger partial charge on any atom is -0.481 e. The Morgan fingerprint density at radius 3 is 3.06 bits per heavy atom. The molecule has 5 heteroatoms. The van der Waals surface area contributed by atoms with Gasteiger partial charge in [0, 0.05) is 19.0 Å². The molecule has 1 aromatic rings. The predicted octanol–water partition coefficient (Wildman–Crippen LogP) is 0.445. The van der Waals surface area contributed by atoms with Gasteiger partial charge in [0.05, 0.1) is 12.8 Å². The van der Waals surface area contributed by atoms with Crippen molar-refractivity contribution in [3.8, 4) is 5.88 Å². The highest BCUT2D eigenvalue weighted by Gasteiger charge is 1.98. The van der Waals surface area contributed by atoms with Gasteiger partial charge in [-0.1, -0.05) is 6.07 Å². The average molecular weight is 223 g/mol. The Kier molecular flexibility index (Phi) is 5.28. The molecule has 0 fully saturated rings. The largest absolute Gasteiger partial charge is 0.481 e. The van der Waals surface area contributed by atoms with Crippen LogP contribution < -0.4 is 15.8 Å². The maximum atomic E-state index is 10.5. The summed E-state index contributed by atoms with van der Waals surface area (Å²) in [5, 5.41) is 3.18. The Labute approximate surface area is 95.0 Å². The van der Waals surface area contributed by atoms with Crippen LogP contribution in [0.25, 0.3) is 0 Å². The second-order valence-corrected chi connectivity index (χ2v) is 3.42. The molecule has 0 bridgehead atoms.